The summed E-state index contributed by atoms with van der Waals surface area (Å²) in [4.78, 5) is 1.24. The van der Waals surface area contributed by atoms with Gasteiger partial charge in [0.2, 0.25) is 0 Å². The number of nitrogens with two attached hydrogens (primary N) is 1. The summed E-state index contributed by atoms with van der Waals surface area (Å²) >= 11 is 5.11. The maximum atomic E-state index is 5.43. The van der Waals surface area contributed by atoms with E-state index in [1.54, 1.807) is 17.4 Å². The van der Waals surface area contributed by atoms with E-state index < -0.39 is 0 Å². The molecule has 0 saturated carbocycles. The Balaban J connectivity index is 1.96. The molecule has 15 heavy (non-hydrogen) atoms. The molecule has 0 aliphatic carbocycles. The molecule has 0 bridgehead atoms. The highest BCUT2D eigenvalue weighted by Crippen LogP contribution is 2.22. The van der Waals surface area contributed by atoms with E-state index in [0.717, 1.165) is 16.1 Å². The lowest BCUT2D eigenvalue weighted by Gasteiger charge is -2.02. The second-order valence-electron chi connectivity index (χ2n) is 2.90. The number of anilines is 2. The summed E-state index contributed by atoms with van der Waals surface area (Å²) in [6, 6.07) is 7.62. The smallest absolute Gasteiger partial charge is 0.149 e. The van der Waals surface area contributed by atoms with Gasteiger partial charge < -0.3 is 11.1 Å². The van der Waals surface area contributed by atoms with Gasteiger partial charge >= 0.3 is 0 Å². The molecule has 0 radical (unpaired) electrons. The first-order valence-corrected chi connectivity index (χ1v) is 5.92. The Hall–Kier alpha value is -1.14. The second-order valence-corrected chi connectivity index (χ2v) is 5.45. The van der Waals surface area contributed by atoms with Crippen molar-refractivity contribution in [1.29, 1.82) is 0 Å². The molecule has 2 aromatic rings. The fraction of sp³-hybridized carbons (Fsp3) is 0.111. The quantitative estimate of drug-likeness (QED) is 0.909. The van der Waals surface area contributed by atoms with Crippen LogP contribution >= 0.6 is 27.3 Å². The number of nitrogens with one attached hydrogen (secondary N) is 1. The summed E-state index contributed by atoms with van der Waals surface area (Å²) in [6.45, 7) is 0.745. The Morgan fingerprint density at radius 1 is 1.27 bits per heavy atom. The van der Waals surface area contributed by atoms with Crippen molar-refractivity contribution in [2.45, 2.75) is 6.54 Å². The topological polar surface area (TPSA) is 63.8 Å². The van der Waals surface area contributed by atoms with Gasteiger partial charge in [-0.1, -0.05) is 0 Å². The van der Waals surface area contributed by atoms with Gasteiger partial charge in [-0.25, -0.2) is 0 Å². The van der Waals surface area contributed by atoms with E-state index in [4.69, 9.17) is 5.73 Å². The van der Waals surface area contributed by atoms with Crippen LogP contribution in [0.1, 0.15) is 4.88 Å². The maximum absolute atomic E-state index is 5.43. The number of thiophene rings is 1. The molecule has 0 aliphatic heterocycles. The van der Waals surface area contributed by atoms with Gasteiger partial charge in [-0.15, -0.1) is 21.5 Å². The fourth-order valence-corrected chi connectivity index (χ4v) is 2.48. The predicted octanol–water partition coefficient (Wildman–Crippen LogP) is 2.49. The van der Waals surface area contributed by atoms with Crippen molar-refractivity contribution in [3.8, 4) is 0 Å². The second kappa shape index (κ2) is 4.59. The molecule has 4 nitrogen and oxygen atoms in total. The molecule has 0 spiro atoms. The van der Waals surface area contributed by atoms with Crippen molar-refractivity contribution in [2.75, 3.05) is 11.1 Å². The van der Waals surface area contributed by atoms with Crippen molar-refractivity contribution >= 4 is 38.9 Å². The molecule has 2 heterocycles. The Bertz CT molecular complexity index is 440. The number of hydrogen-bond donors (Lipinski definition) is 2. The lowest BCUT2D eigenvalue weighted by Crippen LogP contribution is -2.01. The van der Waals surface area contributed by atoms with Crippen molar-refractivity contribution in [1.82, 2.24) is 10.2 Å². The Morgan fingerprint density at radius 2 is 2.13 bits per heavy atom. The van der Waals surface area contributed by atoms with Crippen LogP contribution in [0, 0.1) is 0 Å². The average Bonchev–Trinajstić information content (AvgIpc) is 2.64. The average molecular weight is 285 g/mol. The van der Waals surface area contributed by atoms with Gasteiger partial charge in [0.1, 0.15) is 11.6 Å². The van der Waals surface area contributed by atoms with Crippen LogP contribution in [0.25, 0.3) is 0 Å². The number of nitrogens with zero attached hydrogens (tertiary/aromatic N) is 2. The summed E-state index contributed by atoms with van der Waals surface area (Å²) in [7, 11) is 0. The third-order valence-electron chi connectivity index (χ3n) is 1.76. The van der Waals surface area contributed by atoms with Crippen LogP contribution in [0.4, 0.5) is 11.6 Å². The van der Waals surface area contributed by atoms with Gasteiger partial charge in [-0.3, -0.25) is 0 Å². The normalized spacial score (nSPS) is 10.2. The summed E-state index contributed by atoms with van der Waals surface area (Å²) in [5.41, 5.74) is 5.43. The number of nitrogen functional groups attached to an aromatic ring is 1. The van der Waals surface area contributed by atoms with Gasteiger partial charge in [0.05, 0.1) is 10.3 Å². The van der Waals surface area contributed by atoms with E-state index in [9.17, 15) is 0 Å². The van der Waals surface area contributed by atoms with Crippen LogP contribution in [0.3, 0.4) is 0 Å². The van der Waals surface area contributed by atoms with Gasteiger partial charge in [0.25, 0.3) is 0 Å². The first-order chi connectivity index (χ1) is 7.24. The van der Waals surface area contributed by atoms with E-state index >= 15 is 0 Å². The summed E-state index contributed by atoms with van der Waals surface area (Å²) in [6.07, 6.45) is 0. The fourth-order valence-electron chi connectivity index (χ4n) is 1.06. The van der Waals surface area contributed by atoms with Gasteiger partial charge in [0, 0.05) is 4.88 Å². The number of rotatable bonds is 3. The number of halogens is 1. The van der Waals surface area contributed by atoms with Crippen LogP contribution < -0.4 is 11.1 Å². The number of aromatic nitrogens is 2. The summed E-state index contributed by atoms with van der Waals surface area (Å²) < 4.78 is 1.13. The van der Waals surface area contributed by atoms with Gasteiger partial charge in [-0.2, -0.15) is 0 Å². The standard InChI is InChI=1S/C9H9BrN4S/c10-7-2-1-6(15-7)5-12-9-4-3-8(11)13-14-9/h1-4H,5H2,(H2,11,13)(H,12,14). The van der Waals surface area contributed by atoms with Crippen molar-refractivity contribution < 1.29 is 0 Å². The molecule has 3 N–H and O–H groups in total. The molecule has 0 aromatic carbocycles. The van der Waals surface area contributed by atoms with E-state index in [0.29, 0.717) is 5.82 Å². The third-order valence-corrected chi connectivity index (χ3v) is 3.38. The van der Waals surface area contributed by atoms with E-state index in [1.165, 1.54) is 4.88 Å². The van der Waals surface area contributed by atoms with Gasteiger partial charge in [-0.05, 0) is 40.2 Å². The third kappa shape index (κ3) is 2.90. The molecule has 2 rings (SSSR count). The zero-order valence-electron chi connectivity index (χ0n) is 7.77. The van der Waals surface area contributed by atoms with Crippen molar-refractivity contribution in [2.24, 2.45) is 0 Å². The molecular formula is C9H9BrN4S. The molecule has 2 aromatic heterocycles. The first kappa shape index (κ1) is 10.4. The predicted molar refractivity (Wildman–Crippen MR) is 65.8 cm³/mol. The highest BCUT2D eigenvalue weighted by molar-refractivity contribution is 9.11. The Labute approximate surface area is 99.7 Å². The minimum atomic E-state index is 0.430. The molecular weight excluding hydrogens is 276 g/mol. The maximum Gasteiger partial charge on any atom is 0.149 e. The monoisotopic (exact) mass is 284 g/mol. The Morgan fingerprint density at radius 3 is 2.73 bits per heavy atom. The SMILES string of the molecule is Nc1ccc(NCc2ccc(Br)s2)nn1. The van der Waals surface area contributed by atoms with Crippen molar-refractivity contribution in [3.63, 3.8) is 0 Å². The zero-order valence-corrected chi connectivity index (χ0v) is 10.2. The van der Waals surface area contributed by atoms with Gasteiger partial charge in [0.15, 0.2) is 0 Å². The van der Waals surface area contributed by atoms with Crippen molar-refractivity contribution in [3.05, 3.63) is 32.9 Å². The minimum absolute atomic E-state index is 0.430. The summed E-state index contributed by atoms with van der Waals surface area (Å²) in [5.74, 6) is 1.16. The highest BCUT2D eigenvalue weighted by atomic mass is 79.9. The van der Waals surface area contributed by atoms with E-state index in [2.05, 4.69) is 37.5 Å². The minimum Gasteiger partial charge on any atom is -0.382 e. The number of hydrogen-bond acceptors (Lipinski definition) is 5. The highest BCUT2D eigenvalue weighted by Gasteiger charge is 1.98. The van der Waals surface area contributed by atoms with Crippen LogP contribution in [-0.4, -0.2) is 10.2 Å². The molecule has 0 fully saturated rings. The molecule has 0 saturated heterocycles. The largest absolute Gasteiger partial charge is 0.382 e. The lowest BCUT2D eigenvalue weighted by molar-refractivity contribution is 1.01. The molecule has 6 heteroatoms. The molecule has 0 atom stereocenters. The molecule has 0 amide bonds. The van der Waals surface area contributed by atoms with Crippen LogP contribution in [-0.2, 0) is 6.54 Å². The molecule has 0 unspecified atom stereocenters. The van der Waals surface area contributed by atoms with Crippen LogP contribution in [0.2, 0.25) is 0 Å². The van der Waals surface area contributed by atoms with E-state index in [-0.39, 0.29) is 0 Å². The zero-order chi connectivity index (χ0) is 10.7. The summed E-state index contributed by atoms with van der Waals surface area (Å²) in [5, 5.41) is 10.8. The first-order valence-electron chi connectivity index (χ1n) is 4.31. The van der Waals surface area contributed by atoms with Crippen LogP contribution in [0.15, 0.2) is 28.1 Å². The van der Waals surface area contributed by atoms with E-state index in [1.807, 2.05) is 12.1 Å². The Kier molecular flexibility index (Phi) is 3.17. The molecule has 0 aliphatic rings. The molecule has 78 valence electrons. The lowest BCUT2D eigenvalue weighted by atomic mass is 10.4. The van der Waals surface area contributed by atoms with Crippen LogP contribution in [0.5, 0.6) is 0 Å².